The van der Waals surface area contributed by atoms with Crippen LogP contribution in [0.2, 0.25) is 5.15 Å². The molecular weight excluding hydrogens is 168 g/mol. The molecule has 10 heavy (non-hydrogen) atoms. The second kappa shape index (κ2) is 3.00. The van der Waals surface area contributed by atoms with Crippen LogP contribution in [0.25, 0.3) is 0 Å². The van der Waals surface area contributed by atoms with Crippen molar-refractivity contribution in [3.8, 4) is 6.07 Å². The van der Waals surface area contributed by atoms with Gasteiger partial charge < -0.3 is 0 Å². The van der Waals surface area contributed by atoms with Gasteiger partial charge in [0.05, 0.1) is 22.4 Å². The highest BCUT2D eigenvalue weighted by atomic mass is 35.5. The zero-order chi connectivity index (χ0) is 7.56. The molecule has 0 N–H and O–H groups in total. The van der Waals surface area contributed by atoms with Crippen LogP contribution in [0.5, 0.6) is 0 Å². The van der Waals surface area contributed by atoms with E-state index in [-0.39, 0.29) is 0 Å². The summed E-state index contributed by atoms with van der Waals surface area (Å²) in [7, 11) is 0. The summed E-state index contributed by atoms with van der Waals surface area (Å²) < 4.78 is 0. The largest absolute Gasteiger partial charge is 0.230 e. The quantitative estimate of drug-likeness (QED) is 0.651. The molecule has 1 heterocycles. The summed E-state index contributed by atoms with van der Waals surface area (Å²) in [5.74, 6) is 0. The summed E-state index contributed by atoms with van der Waals surface area (Å²) in [6.45, 7) is 1.87. The molecule has 0 saturated carbocycles. The summed E-state index contributed by atoms with van der Waals surface area (Å²) in [6.07, 6.45) is 0.365. The molecule has 1 rings (SSSR count). The molecule has 1 aromatic heterocycles. The van der Waals surface area contributed by atoms with Crippen molar-refractivity contribution in [3.05, 3.63) is 15.0 Å². The third-order valence-corrected chi connectivity index (χ3v) is 2.39. The first kappa shape index (κ1) is 7.52. The number of halogens is 1. The smallest absolute Gasteiger partial charge is 0.144 e. The number of aryl methyl sites for hydroxylation is 1. The highest BCUT2D eigenvalue weighted by Crippen LogP contribution is 2.22. The van der Waals surface area contributed by atoms with Crippen LogP contribution in [0.15, 0.2) is 0 Å². The first-order valence-corrected chi connectivity index (χ1v) is 3.92. The highest BCUT2D eigenvalue weighted by molar-refractivity contribution is 7.12. The molecule has 0 radical (unpaired) electrons. The standard InChI is InChI=1S/C6H5ClN2S/c1-4-9-6(7)5(10-4)2-3-8/h2H2,1H3. The number of hydrogen-bond donors (Lipinski definition) is 0. The van der Waals surface area contributed by atoms with Crippen molar-refractivity contribution in [1.29, 1.82) is 5.26 Å². The first-order valence-electron chi connectivity index (χ1n) is 2.73. The van der Waals surface area contributed by atoms with Gasteiger partial charge in [-0.25, -0.2) is 4.98 Å². The molecule has 0 aromatic carbocycles. The van der Waals surface area contributed by atoms with Gasteiger partial charge in [0.1, 0.15) is 5.15 Å². The minimum atomic E-state index is 0.365. The van der Waals surface area contributed by atoms with Gasteiger partial charge in [0.15, 0.2) is 0 Å². The average Bonchev–Trinajstić information content (AvgIpc) is 2.13. The highest BCUT2D eigenvalue weighted by Gasteiger charge is 2.04. The molecule has 0 unspecified atom stereocenters. The van der Waals surface area contributed by atoms with Crippen molar-refractivity contribution < 1.29 is 0 Å². The van der Waals surface area contributed by atoms with E-state index in [0.717, 1.165) is 9.88 Å². The lowest BCUT2D eigenvalue weighted by Gasteiger charge is -1.81. The maximum absolute atomic E-state index is 8.32. The van der Waals surface area contributed by atoms with E-state index in [9.17, 15) is 0 Å². The summed E-state index contributed by atoms with van der Waals surface area (Å²) in [6, 6.07) is 2.02. The number of thiazole rings is 1. The number of hydrogen-bond acceptors (Lipinski definition) is 3. The Labute approximate surface area is 68.1 Å². The summed E-state index contributed by atoms with van der Waals surface area (Å²) in [4.78, 5) is 4.83. The lowest BCUT2D eigenvalue weighted by atomic mass is 10.4. The zero-order valence-corrected chi connectivity index (χ0v) is 6.96. The molecule has 0 atom stereocenters. The van der Waals surface area contributed by atoms with Crippen LogP contribution in [-0.2, 0) is 6.42 Å². The summed E-state index contributed by atoms with van der Waals surface area (Å²) in [5, 5.41) is 9.71. The van der Waals surface area contributed by atoms with Crippen LogP contribution in [-0.4, -0.2) is 4.98 Å². The van der Waals surface area contributed by atoms with Crippen molar-refractivity contribution in [3.63, 3.8) is 0 Å². The molecule has 0 aliphatic carbocycles. The Morgan fingerprint density at radius 3 is 2.90 bits per heavy atom. The van der Waals surface area contributed by atoms with Gasteiger partial charge in [-0.05, 0) is 6.92 Å². The van der Waals surface area contributed by atoms with E-state index >= 15 is 0 Å². The van der Waals surface area contributed by atoms with Gasteiger partial charge in [-0.3, -0.25) is 0 Å². The van der Waals surface area contributed by atoms with E-state index in [1.165, 1.54) is 11.3 Å². The van der Waals surface area contributed by atoms with E-state index in [1.807, 2.05) is 13.0 Å². The SMILES string of the molecule is Cc1nc(Cl)c(CC#N)s1. The van der Waals surface area contributed by atoms with Crippen LogP contribution in [0, 0.1) is 18.3 Å². The van der Waals surface area contributed by atoms with E-state index in [4.69, 9.17) is 16.9 Å². The Morgan fingerprint density at radius 2 is 2.50 bits per heavy atom. The first-order chi connectivity index (χ1) is 4.74. The van der Waals surface area contributed by atoms with Crippen molar-refractivity contribution >= 4 is 22.9 Å². The zero-order valence-electron chi connectivity index (χ0n) is 5.39. The van der Waals surface area contributed by atoms with E-state index in [1.54, 1.807) is 0 Å². The molecule has 0 bridgehead atoms. The second-order valence-corrected chi connectivity index (χ2v) is 3.43. The number of nitriles is 1. The molecule has 52 valence electrons. The van der Waals surface area contributed by atoms with Gasteiger partial charge in [0, 0.05) is 0 Å². The minimum Gasteiger partial charge on any atom is -0.230 e. The van der Waals surface area contributed by atoms with Gasteiger partial charge in [-0.1, -0.05) is 11.6 Å². The Hall–Kier alpha value is -0.590. The minimum absolute atomic E-state index is 0.365. The fourth-order valence-corrected chi connectivity index (χ4v) is 1.74. The van der Waals surface area contributed by atoms with Crippen LogP contribution in [0.4, 0.5) is 0 Å². The molecule has 0 saturated heterocycles. The van der Waals surface area contributed by atoms with Gasteiger partial charge in [0.2, 0.25) is 0 Å². The number of aromatic nitrogens is 1. The Bertz CT molecular complexity index is 274. The Morgan fingerprint density at radius 1 is 1.80 bits per heavy atom. The van der Waals surface area contributed by atoms with E-state index < -0.39 is 0 Å². The molecule has 0 fully saturated rings. The average molecular weight is 173 g/mol. The van der Waals surface area contributed by atoms with Gasteiger partial charge in [0.25, 0.3) is 0 Å². The molecule has 0 aliphatic heterocycles. The number of nitrogens with zero attached hydrogens (tertiary/aromatic N) is 2. The molecular formula is C6H5ClN2S. The molecule has 0 amide bonds. The monoisotopic (exact) mass is 172 g/mol. The Balaban J connectivity index is 2.94. The van der Waals surface area contributed by atoms with Crippen molar-refractivity contribution in [2.45, 2.75) is 13.3 Å². The maximum Gasteiger partial charge on any atom is 0.144 e. The maximum atomic E-state index is 8.32. The molecule has 0 spiro atoms. The topological polar surface area (TPSA) is 36.7 Å². The van der Waals surface area contributed by atoms with E-state index in [2.05, 4.69) is 4.98 Å². The third-order valence-electron chi connectivity index (χ3n) is 0.996. The fraction of sp³-hybridized carbons (Fsp3) is 0.333. The molecule has 2 nitrogen and oxygen atoms in total. The van der Waals surface area contributed by atoms with E-state index in [0.29, 0.717) is 11.6 Å². The number of rotatable bonds is 1. The van der Waals surface area contributed by atoms with Crippen molar-refractivity contribution in [2.75, 3.05) is 0 Å². The fourth-order valence-electron chi connectivity index (χ4n) is 0.625. The van der Waals surface area contributed by atoms with Gasteiger partial charge >= 0.3 is 0 Å². The van der Waals surface area contributed by atoms with Crippen LogP contribution in [0.3, 0.4) is 0 Å². The Kier molecular flexibility index (Phi) is 2.25. The van der Waals surface area contributed by atoms with Gasteiger partial charge in [-0.15, -0.1) is 11.3 Å². The lowest BCUT2D eigenvalue weighted by molar-refractivity contribution is 1.25. The van der Waals surface area contributed by atoms with Crippen LogP contribution in [0.1, 0.15) is 9.88 Å². The van der Waals surface area contributed by atoms with Crippen molar-refractivity contribution in [1.82, 2.24) is 4.98 Å². The van der Waals surface area contributed by atoms with Crippen LogP contribution >= 0.6 is 22.9 Å². The molecule has 0 aliphatic rings. The van der Waals surface area contributed by atoms with Crippen LogP contribution < -0.4 is 0 Å². The molecule has 1 aromatic rings. The molecule has 4 heteroatoms. The predicted molar refractivity (Wildman–Crippen MR) is 41.2 cm³/mol. The second-order valence-electron chi connectivity index (χ2n) is 1.78. The van der Waals surface area contributed by atoms with Gasteiger partial charge in [-0.2, -0.15) is 5.26 Å². The normalized spacial score (nSPS) is 9.30. The van der Waals surface area contributed by atoms with Crippen molar-refractivity contribution in [2.24, 2.45) is 0 Å². The lowest BCUT2D eigenvalue weighted by Crippen LogP contribution is -1.73. The third kappa shape index (κ3) is 1.47. The summed E-state index contributed by atoms with van der Waals surface area (Å²) >= 11 is 7.15. The predicted octanol–water partition coefficient (Wildman–Crippen LogP) is 2.17. The summed E-state index contributed by atoms with van der Waals surface area (Å²) in [5.41, 5.74) is 0.